The van der Waals surface area contributed by atoms with Crippen LogP contribution in [0.4, 0.5) is 4.39 Å². The normalized spacial score (nSPS) is 13.9. The molecule has 0 radical (unpaired) electrons. The Morgan fingerprint density at radius 2 is 1.48 bits per heavy atom. The summed E-state index contributed by atoms with van der Waals surface area (Å²) in [5.41, 5.74) is 3.78. The number of halogens is 1. The summed E-state index contributed by atoms with van der Waals surface area (Å²) in [4.78, 5) is 0. The SMILES string of the molecule is CCc1ccc(C(CC)N[C@H](C)c2ccc(F)cc2)cc1. The predicted molar refractivity (Wildman–Crippen MR) is 86.8 cm³/mol. The lowest BCUT2D eigenvalue weighted by Gasteiger charge is -2.23. The van der Waals surface area contributed by atoms with Gasteiger partial charge in [0.2, 0.25) is 0 Å². The number of nitrogens with one attached hydrogen (secondary N) is 1. The number of rotatable bonds is 6. The molecule has 0 aliphatic rings. The standard InChI is InChI=1S/C19H24FN/c1-4-15-6-8-17(9-7-15)19(5-2)21-14(3)16-10-12-18(20)13-11-16/h6-14,19,21H,4-5H2,1-3H3/t14-,19?/m1/s1. The highest BCUT2D eigenvalue weighted by Gasteiger charge is 2.13. The van der Waals surface area contributed by atoms with Gasteiger partial charge in [-0.2, -0.15) is 0 Å². The van der Waals surface area contributed by atoms with E-state index in [1.54, 1.807) is 0 Å². The minimum atomic E-state index is -0.187. The molecule has 0 saturated carbocycles. The first-order chi connectivity index (χ1) is 10.1. The Balaban J connectivity index is 2.08. The first-order valence-electron chi connectivity index (χ1n) is 7.74. The van der Waals surface area contributed by atoms with Crippen molar-refractivity contribution in [3.8, 4) is 0 Å². The maximum atomic E-state index is 13.0. The number of hydrogen-bond acceptors (Lipinski definition) is 1. The van der Waals surface area contributed by atoms with Crippen molar-refractivity contribution in [2.45, 2.75) is 45.7 Å². The van der Waals surface area contributed by atoms with Crippen LogP contribution in [-0.4, -0.2) is 0 Å². The fraction of sp³-hybridized carbons (Fsp3) is 0.368. The van der Waals surface area contributed by atoms with Crippen LogP contribution >= 0.6 is 0 Å². The molecule has 2 aromatic carbocycles. The highest BCUT2D eigenvalue weighted by Crippen LogP contribution is 2.22. The third-order valence-electron chi connectivity index (χ3n) is 4.02. The Morgan fingerprint density at radius 3 is 2.00 bits per heavy atom. The van der Waals surface area contributed by atoms with Gasteiger partial charge in [0.25, 0.3) is 0 Å². The second kappa shape index (κ2) is 7.37. The fourth-order valence-corrected chi connectivity index (χ4v) is 2.58. The quantitative estimate of drug-likeness (QED) is 0.770. The summed E-state index contributed by atoms with van der Waals surface area (Å²) >= 11 is 0. The van der Waals surface area contributed by atoms with E-state index in [1.165, 1.54) is 23.3 Å². The van der Waals surface area contributed by atoms with Crippen molar-refractivity contribution in [2.75, 3.05) is 0 Å². The van der Waals surface area contributed by atoms with Crippen LogP contribution in [0.2, 0.25) is 0 Å². The maximum absolute atomic E-state index is 13.0. The molecule has 1 nitrogen and oxygen atoms in total. The predicted octanol–water partition coefficient (Wildman–Crippen LogP) is 5.19. The van der Waals surface area contributed by atoms with Crippen LogP contribution in [0.1, 0.15) is 56.0 Å². The molecule has 0 aromatic heterocycles. The van der Waals surface area contributed by atoms with E-state index in [0.29, 0.717) is 6.04 Å². The second-order valence-electron chi connectivity index (χ2n) is 5.50. The molecule has 21 heavy (non-hydrogen) atoms. The summed E-state index contributed by atoms with van der Waals surface area (Å²) in [7, 11) is 0. The molecular formula is C19H24FN. The maximum Gasteiger partial charge on any atom is 0.123 e. The zero-order chi connectivity index (χ0) is 15.2. The molecule has 0 aliphatic heterocycles. The van der Waals surface area contributed by atoms with Crippen molar-refractivity contribution in [3.63, 3.8) is 0 Å². The lowest BCUT2D eigenvalue weighted by Crippen LogP contribution is -2.24. The molecule has 1 N–H and O–H groups in total. The van der Waals surface area contributed by atoms with E-state index in [1.807, 2.05) is 12.1 Å². The van der Waals surface area contributed by atoms with Gasteiger partial charge in [-0.1, -0.05) is 50.2 Å². The van der Waals surface area contributed by atoms with E-state index in [4.69, 9.17) is 0 Å². The van der Waals surface area contributed by atoms with Crippen LogP contribution < -0.4 is 5.32 Å². The highest BCUT2D eigenvalue weighted by atomic mass is 19.1. The van der Waals surface area contributed by atoms with Gasteiger partial charge in [0.05, 0.1) is 0 Å². The van der Waals surface area contributed by atoms with E-state index in [0.717, 1.165) is 18.4 Å². The van der Waals surface area contributed by atoms with Crippen molar-refractivity contribution in [1.29, 1.82) is 0 Å². The smallest absolute Gasteiger partial charge is 0.123 e. The van der Waals surface area contributed by atoms with Crippen LogP contribution in [0, 0.1) is 5.82 Å². The van der Waals surface area contributed by atoms with Gasteiger partial charge in [0, 0.05) is 12.1 Å². The van der Waals surface area contributed by atoms with Gasteiger partial charge in [-0.05, 0) is 48.6 Å². The fourth-order valence-electron chi connectivity index (χ4n) is 2.58. The summed E-state index contributed by atoms with van der Waals surface area (Å²) in [6, 6.07) is 16.0. The molecule has 0 spiro atoms. The average molecular weight is 285 g/mol. The summed E-state index contributed by atoms with van der Waals surface area (Å²) in [5.74, 6) is -0.187. The molecular weight excluding hydrogens is 261 g/mol. The van der Waals surface area contributed by atoms with Crippen LogP contribution in [0.3, 0.4) is 0 Å². The molecule has 1 unspecified atom stereocenters. The van der Waals surface area contributed by atoms with E-state index in [9.17, 15) is 4.39 Å². The summed E-state index contributed by atoms with van der Waals surface area (Å²) in [6.07, 6.45) is 2.09. The van der Waals surface area contributed by atoms with Crippen molar-refractivity contribution < 1.29 is 4.39 Å². The van der Waals surface area contributed by atoms with Crippen LogP contribution in [0.25, 0.3) is 0 Å². The van der Waals surface area contributed by atoms with E-state index < -0.39 is 0 Å². The molecule has 0 heterocycles. The molecule has 2 aromatic rings. The summed E-state index contributed by atoms with van der Waals surface area (Å²) in [6.45, 7) is 6.47. The highest BCUT2D eigenvalue weighted by molar-refractivity contribution is 5.26. The van der Waals surface area contributed by atoms with E-state index >= 15 is 0 Å². The van der Waals surface area contributed by atoms with Gasteiger partial charge in [0.1, 0.15) is 5.82 Å². The van der Waals surface area contributed by atoms with Crippen LogP contribution in [0.15, 0.2) is 48.5 Å². The second-order valence-corrected chi connectivity index (χ2v) is 5.50. The monoisotopic (exact) mass is 285 g/mol. The van der Waals surface area contributed by atoms with Crippen molar-refractivity contribution in [1.82, 2.24) is 5.32 Å². The van der Waals surface area contributed by atoms with Crippen LogP contribution in [0.5, 0.6) is 0 Å². The lowest BCUT2D eigenvalue weighted by atomic mass is 9.99. The largest absolute Gasteiger partial charge is 0.303 e. The Bertz CT molecular complexity index is 545. The van der Waals surface area contributed by atoms with Gasteiger partial charge in [-0.15, -0.1) is 0 Å². The average Bonchev–Trinajstić information content (AvgIpc) is 2.53. The van der Waals surface area contributed by atoms with Crippen molar-refractivity contribution in [3.05, 3.63) is 71.0 Å². The Kier molecular flexibility index (Phi) is 5.51. The van der Waals surface area contributed by atoms with E-state index in [-0.39, 0.29) is 11.9 Å². The van der Waals surface area contributed by atoms with Gasteiger partial charge >= 0.3 is 0 Å². The molecule has 0 amide bonds. The minimum absolute atomic E-state index is 0.187. The molecule has 2 heteroatoms. The molecule has 0 aliphatic carbocycles. The molecule has 2 rings (SSSR count). The van der Waals surface area contributed by atoms with Crippen molar-refractivity contribution in [2.24, 2.45) is 0 Å². The van der Waals surface area contributed by atoms with Gasteiger partial charge in [-0.3, -0.25) is 0 Å². The lowest BCUT2D eigenvalue weighted by molar-refractivity contribution is 0.456. The Morgan fingerprint density at radius 1 is 0.905 bits per heavy atom. The zero-order valence-corrected chi connectivity index (χ0v) is 13.1. The third kappa shape index (κ3) is 4.15. The number of benzene rings is 2. The zero-order valence-electron chi connectivity index (χ0n) is 13.1. The third-order valence-corrected chi connectivity index (χ3v) is 4.02. The van der Waals surface area contributed by atoms with Gasteiger partial charge in [-0.25, -0.2) is 4.39 Å². The number of hydrogen-bond donors (Lipinski definition) is 1. The summed E-state index contributed by atoms with van der Waals surface area (Å²) in [5, 5.41) is 3.63. The first kappa shape index (κ1) is 15.7. The molecule has 0 fully saturated rings. The molecule has 112 valence electrons. The topological polar surface area (TPSA) is 12.0 Å². The van der Waals surface area contributed by atoms with E-state index in [2.05, 4.69) is 50.4 Å². The Hall–Kier alpha value is -1.67. The molecule has 2 atom stereocenters. The summed E-state index contributed by atoms with van der Waals surface area (Å²) < 4.78 is 13.0. The Labute approximate surface area is 127 Å². The molecule has 0 bridgehead atoms. The van der Waals surface area contributed by atoms with Crippen LogP contribution in [-0.2, 0) is 6.42 Å². The van der Waals surface area contributed by atoms with Gasteiger partial charge in [0.15, 0.2) is 0 Å². The minimum Gasteiger partial charge on any atom is -0.303 e. The van der Waals surface area contributed by atoms with Gasteiger partial charge < -0.3 is 5.32 Å². The molecule has 0 saturated heterocycles. The first-order valence-corrected chi connectivity index (χ1v) is 7.74. The number of aryl methyl sites for hydroxylation is 1. The van der Waals surface area contributed by atoms with Crippen molar-refractivity contribution >= 4 is 0 Å².